The number of nitriles is 1. The molecular formula is C12H14N2. The van der Waals surface area contributed by atoms with E-state index in [1.165, 1.54) is 11.1 Å². The molecule has 0 aliphatic carbocycles. The first-order valence-electron chi connectivity index (χ1n) is 5.11. The zero-order chi connectivity index (χ0) is 9.97. The fraction of sp³-hybridized carbons (Fsp3) is 0.417. The zero-order valence-corrected chi connectivity index (χ0v) is 8.38. The van der Waals surface area contributed by atoms with Crippen LogP contribution in [0.5, 0.6) is 0 Å². The molecule has 1 unspecified atom stereocenters. The number of benzene rings is 1. The number of nitrogens with one attached hydrogen (secondary N) is 1. The van der Waals surface area contributed by atoms with Gasteiger partial charge in [-0.15, -0.1) is 0 Å². The molecule has 0 aromatic heterocycles. The third-order valence-corrected chi connectivity index (χ3v) is 2.84. The van der Waals surface area contributed by atoms with Gasteiger partial charge in [-0.3, -0.25) is 0 Å². The molecule has 0 amide bonds. The van der Waals surface area contributed by atoms with E-state index in [2.05, 4.69) is 24.4 Å². The van der Waals surface area contributed by atoms with E-state index < -0.39 is 0 Å². The summed E-state index contributed by atoms with van der Waals surface area (Å²) in [6, 6.07) is 8.66. The molecule has 0 fully saturated rings. The standard InChI is InChI=1S/C12H14N2/c1-2-12-11-7-9(8-13)3-4-10(11)5-6-14-12/h3-4,7,12,14H,2,5-6H2,1H3. The van der Waals surface area contributed by atoms with Crippen molar-refractivity contribution < 1.29 is 0 Å². The summed E-state index contributed by atoms with van der Waals surface area (Å²) in [7, 11) is 0. The van der Waals surface area contributed by atoms with Gasteiger partial charge in [0.2, 0.25) is 0 Å². The lowest BCUT2D eigenvalue weighted by atomic mass is 9.91. The predicted octanol–water partition coefficient (Wildman–Crippen LogP) is 2.16. The summed E-state index contributed by atoms with van der Waals surface area (Å²) in [5.41, 5.74) is 3.48. The van der Waals surface area contributed by atoms with Crippen molar-refractivity contribution in [2.75, 3.05) is 6.54 Å². The van der Waals surface area contributed by atoms with Gasteiger partial charge in [-0.2, -0.15) is 5.26 Å². The molecule has 1 atom stereocenters. The molecule has 0 spiro atoms. The first-order valence-corrected chi connectivity index (χ1v) is 5.11. The van der Waals surface area contributed by atoms with Crippen LogP contribution >= 0.6 is 0 Å². The number of nitrogens with zero attached hydrogens (tertiary/aromatic N) is 1. The van der Waals surface area contributed by atoms with E-state index in [1.807, 2.05) is 12.1 Å². The van der Waals surface area contributed by atoms with E-state index in [1.54, 1.807) is 0 Å². The first kappa shape index (κ1) is 9.23. The van der Waals surface area contributed by atoms with Crippen molar-refractivity contribution in [1.29, 1.82) is 5.26 Å². The van der Waals surface area contributed by atoms with Crippen molar-refractivity contribution in [2.24, 2.45) is 0 Å². The molecule has 0 radical (unpaired) electrons. The number of hydrogen-bond donors (Lipinski definition) is 1. The summed E-state index contributed by atoms with van der Waals surface area (Å²) in [6.45, 7) is 3.23. The van der Waals surface area contributed by atoms with Crippen LogP contribution < -0.4 is 5.32 Å². The maximum absolute atomic E-state index is 8.83. The summed E-state index contributed by atoms with van der Waals surface area (Å²) in [6.07, 6.45) is 2.17. The van der Waals surface area contributed by atoms with Gasteiger partial charge >= 0.3 is 0 Å². The molecule has 1 aromatic carbocycles. The van der Waals surface area contributed by atoms with E-state index in [4.69, 9.17) is 5.26 Å². The second-order valence-electron chi connectivity index (χ2n) is 3.69. The van der Waals surface area contributed by atoms with Crippen molar-refractivity contribution in [3.05, 3.63) is 34.9 Å². The molecule has 72 valence electrons. The molecule has 2 heteroatoms. The number of fused-ring (bicyclic) bond motifs is 1. The second-order valence-corrected chi connectivity index (χ2v) is 3.69. The van der Waals surface area contributed by atoms with Crippen molar-refractivity contribution in [1.82, 2.24) is 5.32 Å². The third-order valence-electron chi connectivity index (χ3n) is 2.84. The van der Waals surface area contributed by atoms with Crippen LogP contribution in [0.4, 0.5) is 0 Å². The van der Waals surface area contributed by atoms with Crippen molar-refractivity contribution in [3.8, 4) is 6.07 Å². The fourth-order valence-electron chi connectivity index (χ4n) is 2.07. The van der Waals surface area contributed by atoms with Gasteiger partial charge in [-0.05, 0) is 42.6 Å². The highest BCUT2D eigenvalue weighted by atomic mass is 14.9. The Bertz CT molecular complexity index is 376. The van der Waals surface area contributed by atoms with E-state index in [0.29, 0.717) is 6.04 Å². The minimum absolute atomic E-state index is 0.437. The highest BCUT2D eigenvalue weighted by Crippen LogP contribution is 2.25. The molecule has 0 saturated heterocycles. The maximum atomic E-state index is 8.83. The molecule has 2 rings (SSSR count). The Kier molecular flexibility index (Phi) is 2.51. The molecule has 1 N–H and O–H groups in total. The minimum Gasteiger partial charge on any atom is -0.310 e. The monoisotopic (exact) mass is 186 g/mol. The predicted molar refractivity (Wildman–Crippen MR) is 55.9 cm³/mol. The molecule has 1 aliphatic heterocycles. The Balaban J connectivity index is 2.44. The normalized spacial score (nSPS) is 19.9. The number of hydrogen-bond acceptors (Lipinski definition) is 2. The van der Waals surface area contributed by atoms with Gasteiger partial charge in [0.15, 0.2) is 0 Å². The Labute approximate surface area is 84.6 Å². The quantitative estimate of drug-likeness (QED) is 0.729. The van der Waals surface area contributed by atoms with Crippen LogP contribution in [0.25, 0.3) is 0 Å². The molecule has 14 heavy (non-hydrogen) atoms. The molecule has 1 aliphatic rings. The summed E-state index contributed by atoms with van der Waals surface area (Å²) in [4.78, 5) is 0. The Morgan fingerprint density at radius 1 is 1.57 bits per heavy atom. The van der Waals surface area contributed by atoms with Crippen LogP contribution in [0.15, 0.2) is 18.2 Å². The Hall–Kier alpha value is -1.33. The molecule has 2 nitrogen and oxygen atoms in total. The summed E-state index contributed by atoms with van der Waals surface area (Å²) >= 11 is 0. The average molecular weight is 186 g/mol. The summed E-state index contributed by atoms with van der Waals surface area (Å²) < 4.78 is 0. The van der Waals surface area contributed by atoms with E-state index in [0.717, 1.165) is 24.9 Å². The Morgan fingerprint density at radius 3 is 3.14 bits per heavy atom. The minimum atomic E-state index is 0.437. The smallest absolute Gasteiger partial charge is 0.0991 e. The Morgan fingerprint density at radius 2 is 2.43 bits per heavy atom. The lowest BCUT2D eigenvalue weighted by molar-refractivity contribution is 0.492. The van der Waals surface area contributed by atoms with Crippen LogP contribution in [-0.2, 0) is 6.42 Å². The van der Waals surface area contributed by atoms with Crippen LogP contribution in [0.3, 0.4) is 0 Å². The lowest BCUT2D eigenvalue weighted by Crippen LogP contribution is -2.29. The fourth-order valence-corrected chi connectivity index (χ4v) is 2.07. The van der Waals surface area contributed by atoms with Gasteiger partial charge in [-0.25, -0.2) is 0 Å². The van der Waals surface area contributed by atoms with Gasteiger partial charge < -0.3 is 5.32 Å². The van der Waals surface area contributed by atoms with Crippen molar-refractivity contribution >= 4 is 0 Å². The highest BCUT2D eigenvalue weighted by Gasteiger charge is 2.17. The van der Waals surface area contributed by atoms with E-state index >= 15 is 0 Å². The highest BCUT2D eigenvalue weighted by molar-refractivity contribution is 5.41. The van der Waals surface area contributed by atoms with Crippen molar-refractivity contribution in [3.63, 3.8) is 0 Å². The summed E-state index contributed by atoms with van der Waals surface area (Å²) in [5, 5.41) is 12.3. The molecular weight excluding hydrogens is 172 g/mol. The molecule has 1 heterocycles. The maximum Gasteiger partial charge on any atom is 0.0991 e. The molecule has 0 bridgehead atoms. The van der Waals surface area contributed by atoms with E-state index in [-0.39, 0.29) is 0 Å². The van der Waals surface area contributed by atoms with Gasteiger partial charge in [0.1, 0.15) is 0 Å². The largest absolute Gasteiger partial charge is 0.310 e. The topological polar surface area (TPSA) is 35.8 Å². The summed E-state index contributed by atoms with van der Waals surface area (Å²) in [5.74, 6) is 0. The zero-order valence-electron chi connectivity index (χ0n) is 8.38. The second kappa shape index (κ2) is 3.81. The van der Waals surface area contributed by atoms with Crippen molar-refractivity contribution in [2.45, 2.75) is 25.8 Å². The first-order chi connectivity index (χ1) is 6.85. The third kappa shape index (κ3) is 1.51. The molecule has 0 saturated carbocycles. The van der Waals surface area contributed by atoms with Crippen LogP contribution in [-0.4, -0.2) is 6.54 Å². The SMILES string of the molecule is CCC1NCCc2ccc(C#N)cc21. The van der Waals surface area contributed by atoms with Gasteiger partial charge in [0, 0.05) is 6.04 Å². The van der Waals surface area contributed by atoms with Crippen LogP contribution in [0, 0.1) is 11.3 Å². The van der Waals surface area contributed by atoms with Crippen LogP contribution in [0.2, 0.25) is 0 Å². The van der Waals surface area contributed by atoms with Crippen LogP contribution in [0.1, 0.15) is 36.1 Å². The average Bonchev–Trinajstić information content (AvgIpc) is 2.27. The van der Waals surface area contributed by atoms with Gasteiger partial charge in [0.25, 0.3) is 0 Å². The van der Waals surface area contributed by atoms with Gasteiger partial charge in [-0.1, -0.05) is 13.0 Å². The van der Waals surface area contributed by atoms with Gasteiger partial charge in [0.05, 0.1) is 11.6 Å². The number of rotatable bonds is 1. The van der Waals surface area contributed by atoms with E-state index in [9.17, 15) is 0 Å². The molecule has 1 aromatic rings. The lowest BCUT2D eigenvalue weighted by Gasteiger charge is -2.26.